The van der Waals surface area contributed by atoms with Crippen LogP contribution in [0.15, 0.2) is 42.9 Å². The monoisotopic (exact) mass is 364 g/mol. The third-order valence-corrected chi connectivity index (χ3v) is 5.02. The van der Waals surface area contributed by atoms with Crippen LogP contribution in [0.3, 0.4) is 0 Å². The van der Waals surface area contributed by atoms with Crippen molar-refractivity contribution in [1.29, 1.82) is 0 Å². The predicted octanol–water partition coefficient (Wildman–Crippen LogP) is 1.95. The molecule has 0 radical (unpaired) electrons. The van der Waals surface area contributed by atoms with E-state index in [-0.39, 0.29) is 5.91 Å². The lowest BCUT2D eigenvalue weighted by Gasteiger charge is -2.15. The van der Waals surface area contributed by atoms with Crippen LogP contribution in [-0.4, -0.2) is 50.2 Å². The van der Waals surface area contributed by atoms with E-state index in [0.29, 0.717) is 19.0 Å². The Balaban J connectivity index is 1.51. The molecule has 3 aromatic heterocycles. The zero-order valence-corrected chi connectivity index (χ0v) is 15.5. The molecular formula is C20H24N6O. The fraction of sp³-hybridized carbons (Fsp3) is 0.400. The predicted molar refractivity (Wildman–Crippen MR) is 103 cm³/mol. The second-order valence-corrected chi connectivity index (χ2v) is 7.05. The van der Waals surface area contributed by atoms with E-state index in [1.54, 1.807) is 6.20 Å². The van der Waals surface area contributed by atoms with Crippen molar-refractivity contribution in [1.82, 2.24) is 30.0 Å². The van der Waals surface area contributed by atoms with Gasteiger partial charge in [0.15, 0.2) is 5.65 Å². The van der Waals surface area contributed by atoms with Crippen molar-refractivity contribution in [2.75, 3.05) is 19.6 Å². The number of hydrogen-bond acceptors (Lipinski definition) is 5. The largest absolute Gasteiger partial charge is 0.354 e. The molecule has 140 valence electrons. The summed E-state index contributed by atoms with van der Waals surface area (Å²) in [6, 6.07) is 8.17. The topological polar surface area (TPSA) is 75.9 Å². The van der Waals surface area contributed by atoms with Crippen LogP contribution in [0.1, 0.15) is 30.5 Å². The molecule has 1 saturated heterocycles. The molecule has 1 atom stereocenters. The summed E-state index contributed by atoms with van der Waals surface area (Å²) >= 11 is 0. The molecule has 1 amide bonds. The standard InChI is InChI=1S/C20H24N6O/c1-15(27)22-9-11-26-20-18(5-3-8-23-20)19(24-26)17-6-10-25(14-17)13-16-4-2-7-21-12-16/h2-5,7-8,12,17H,6,9-11,13-14H2,1H3,(H,22,27). The zero-order valence-electron chi connectivity index (χ0n) is 15.5. The Kier molecular flexibility index (Phi) is 5.11. The van der Waals surface area contributed by atoms with Crippen LogP contribution in [-0.2, 0) is 17.9 Å². The number of nitrogens with zero attached hydrogens (tertiary/aromatic N) is 5. The van der Waals surface area contributed by atoms with Gasteiger partial charge in [-0.25, -0.2) is 9.67 Å². The van der Waals surface area contributed by atoms with Gasteiger partial charge in [-0.1, -0.05) is 6.07 Å². The van der Waals surface area contributed by atoms with Crippen molar-refractivity contribution in [2.45, 2.75) is 32.4 Å². The Labute approximate surface area is 158 Å². The molecule has 1 fully saturated rings. The summed E-state index contributed by atoms with van der Waals surface area (Å²) in [4.78, 5) is 22.3. The van der Waals surface area contributed by atoms with Crippen molar-refractivity contribution < 1.29 is 4.79 Å². The van der Waals surface area contributed by atoms with Gasteiger partial charge in [-0.2, -0.15) is 5.10 Å². The average molecular weight is 364 g/mol. The highest BCUT2D eigenvalue weighted by Gasteiger charge is 2.28. The van der Waals surface area contributed by atoms with Gasteiger partial charge < -0.3 is 5.32 Å². The van der Waals surface area contributed by atoms with Crippen LogP contribution >= 0.6 is 0 Å². The molecule has 7 heteroatoms. The number of rotatable bonds is 6. The summed E-state index contributed by atoms with van der Waals surface area (Å²) in [5.41, 5.74) is 3.25. The molecule has 4 heterocycles. The number of likely N-dealkylation sites (tertiary alicyclic amines) is 1. The SMILES string of the molecule is CC(=O)NCCn1nc(C2CCN(Cc3cccnc3)C2)c2cccnc21. The molecule has 0 spiro atoms. The smallest absolute Gasteiger partial charge is 0.216 e. The maximum Gasteiger partial charge on any atom is 0.216 e. The molecule has 1 unspecified atom stereocenters. The van der Waals surface area contributed by atoms with Gasteiger partial charge in [-0.15, -0.1) is 0 Å². The van der Waals surface area contributed by atoms with Crippen molar-refractivity contribution in [3.05, 3.63) is 54.1 Å². The zero-order chi connectivity index (χ0) is 18.6. The van der Waals surface area contributed by atoms with E-state index >= 15 is 0 Å². The first-order chi connectivity index (χ1) is 13.2. The van der Waals surface area contributed by atoms with Gasteiger partial charge >= 0.3 is 0 Å². The highest BCUT2D eigenvalue weighted by molar-refractivity contribution is 5.79. The summed E-state index contributed by atoms with van der Waals surface area (Å²) in [6.07, 6.45) is 6.63. The van der Waals surface area contributed by atoms with Crippen LogP contribution in [0.2, 0.25) is 0 Å². The number of aromatic nitrogens is 4. The highest BCUT2D eigenvalue weighted by Crippen LogP contribution is 2.31. The van der Waals surface area contributed by atoms with Gasteiger partial charge in [0, 0.05) is 56.5 Å². The molecule has 7 nitrogen and oxygen atoms in total. The molecule has 0 aliphatic carbocycles. The lowest BCUT2D eigenvalue weighted by molar-refractivity contribution is -0.118. The summed E-state index contributed by atoms with van der Waals surface area (Å²) in [6.45, 7) is 5.67. The maximum atomic E-state index is 11.1. The Hall–Kier alpha value is -2.80. The van der Waals surface area contributed by atoms with Gasteiger partial charge in [0.1, 0.15) is 0 Å². The quantitative estimate of drug-likeness (QED) is 0.724. The average Bonchev–Trinajstić information content (AvgIpc) is 3.27. The van der Waals surface area contributed by atoms with Gasteiger partial charge in [-0.3, -0.25) is 14.7 Å². The second-order valence-electron chi connectivity index (χ2n) is 7.05. The number of amides is 1. The van der Waals surface area contributed by atoms with E-state index in [4.69, 9.17) is 5.10 Å². The molecule has 1 N–H and O–H groups in total. The molecule has 4 rings (SSSR count). The number of hydrogen-bond donors (Lipinski definition) is 1. The summed E-state index contributed by atoms with van der Waals surface area (Å²) in [5.74, 6) is 0.372. The fourth-order valence-electron chi connectivity index (χ4n) is 3.78. The van der Waals surface area contributed by atoms with Crippen molar-refractivity contribution in [3.8, 4) is 0 Å². The number of carbonyl (C=O) groups is 1. The van der Waals surface area contributed by atoms with Crippen molar-refractivity contribution in [3.63, 3.8) is 0 Å². The first-order valence-corrected chi connectivity index (χ1v) is 9.38. The van der Waals surface area contributed by atoms with Crippen LogP contribution in [0.5, 0.6) is 0 Å². The molecule has 1 aliphatic rings. The van der Waals surface area contributed by atoms with Crippen LogP contribution in [0, 0.1) is 0 Å². The lowest BCUT2D eigenvalue weighted by atomic mass is 10.0. The Morgan fingerprint density at radius 3 is 3.00 bits per heavy atom. The molecule has 0 bridgehead atoms. The first-order valence-electron chi connectivity index (χ1n) is 9.38. The number of fused-ring (bicyclic) bond motifs is 1. The van der Waals surface area contributed by atoms with Crippen molar-refractivity contribution in [2.24, 2.45) is 0 Å². The number of carbonyl (C=O) groups excluding carboxylic acids is 1. The van der Waals surface area contributed by atoms with E-state index in [1.807, 2.05) is 29.2 Å². The van der Waals surface area contributed by atoms with Crippen LogP contribution < -0.4 is 5.32 Å². The Bertz CT molecular complexity index is 923. The highest BCUT2D eigenvalue weighted by atomic mass is 16.1. The molecule has 27 heavy (non-hydrogen) atoms. The molecule has 0 saturated carbocycles. The first kappa shape index (κ1) is 17.6. The summed E-state index contributed by atoms with van der Waals surface area (Å²) < 4.78 is 1.92. The van der Waals surface area contributed by atoms with Crippen molar-refractivity contribution >= 4 is 16.9 Å². The van der Waals surface area contributed by atoms with Crippen LogP contribution in [0.25, 0.3) is 11.0 Å². The number of nitrogens with one attached hydrogen (secondary N) is 1. The second kappa shape index (κ2) is 7.84. The van der Waals surface area contributed by atoms with E-state index in [9.17, 15) is 4.79 Å². The molecular weight excluding hydrogens is 340 g/mol. The minimum atomic E-state index is -0.0264. The Morgan fingerprint density at radius 2 is 2.19 bits per heavy atom. The number of pyridine rings is 2. The van der Waals surface area contributed by atoms with E-state index in [0.717, 1.165) is 42.8 Å². The minimum absolute atomic E-state index is 0.0264. The normalized spacial score (nSPS) is 17.4. The Morgan fingerprint density at radius 1 is 1.30 bits per heavy atom. The molecule has 0 aromatic carbocycles. The van der Waals surface area contributed by atoms with E-state index in [2.05, 4.69) is 32.3 Å². The molecule has 1 aliphatic heterocycles. The van der Waals surface area contributed by atoms with Gasteiger partial charge in [0.05, 0.1) is 12.2 Å². The van der Waals surface area contributed by atoms with E-state index < -0.39 is 0 Å². The maximum absolute atomic E-state index is 11.1. The summed E-state index contributed by atoms with van der Waals surface area (Å²) in [5, 5.41) is 8.82. The van der Waals surface area contributed by atoms with E-state index in [1.165, 1.54) is 12.5 Å². The minimum Gasteiger partial charge on any atom is -0.354 e. The van der Waals surface area contributed by atoms with Crippen LogP contribution in [0.4, 0.5) is 0 Å². The molecule has 3 aromatic rings. The fourth-order valence-corrected chi connectivity index (χ4v) is 3.78. The van der Waals surface area contributed by atoms with Gasteiger partial charge in [0.2, 0.25) is 5.91 Å². The van der Waals surface area contributed by atoms with Gasteiger partial charge in [-0.05, 0) is 36.7 Å². The van der Waals surface area contributed by atoms with Gasteiger partial charge in [0.25, 0.3) is 0 Å². The lowest BCUT2D eigenvalue weighted by Crippen LogP contribution is -2.25. The summed E-state index contributed by atoms with van der Waals surface area (Å²) in [7, 11) is 0. The third-order valence-electron chi connectivity index (χ3n) is 5.02. The third kappa shape index (κ3) is 3.98.